The second kappa shape index (κ2) is 6.04. The number of halogens is 2. The summed E-state index contributed by atoms with van der Waals surface area (Å²) in [7, 11) is 1.75. The van der Waals surface area contributed by atoms with Gasteiger partial charge in [-0.3, -0.25) is 9.78 Å². The van der Waals surface area contributed by atoms with E-state index >= 15 is 0 Å². The van der Waals surface area contributed by atoms with E-state index in [9.17, 15) is 4.79 Å². The van der Waals surface area contributed by atoms with E-state index in [0.717, 1.165) is 0 Å². The lowest BCUT2D eigenvalue weighted by atomic mass is 10.2. The van der Waals surface area contributed by atoms with Crippen molar-refractivity contribution in [3.05, 3.63) is 51.7 Å². The van der Waals surface area contributed by atoms with Gasteiger partial charge in [0.05, 0.1) is 20.7 Å². The summed E-state index contributed by atoms with van der Waals surface area (Å²) >= 11 is 9.32. The lowest BCUT2D eigenvalue weighted by Gasteiger charge is -2.10. The number of nitrogens with zero attached hydrogens (tertiary/aromatic N) is 1. The third-order valence-electron chi connectivity index (χ3n) is 2.53. The van der Waals surface area contributed by atoms with Gasteiger partial charge >= 0.3 is 0 Å². The van der Waals surface area contributed by atoms with Gasteiger partial charge in [-0.05, 0) is 34.1 Å². The van der Waals surface area contributed by atoms with Crippen molar-refractivity contribution in [1.29, 1.82) is 0 Å². The smallest absolute Gasteiger partial charge is 0.259 e. The molecule has 1 aromatic heterocycles. The molecule has 19 heavy (non-hydrogen) atoms. The Morgan fingerprint density at radius 1 is 1.32 bits per heavy atom. The van der Waals surface area contributed by atoms with Gasteiger partial charge in [0.2, 0.25) is 0 Å². The molecule has 1 amide bonds. The second-order valence-electron chi connectivity index (χ2n) is 3.73. The van der Waals surface area contributed by atoms with Crippen molar-refractivity contribution in [2.75, 3.05) is 17.7 Å². The molecule has 6 heteroatoms. The van der Waals surface area contributed by atoms with Crippen LogP contribution in [0.15, 0.2) is 41.1 Å². The molecule has 0 aliphatic carbocycles. The molecule has 0 spiro atoms. The summed E-state index contributed by atoms with van der Waals surface area (Å²) in [5, 5.41) is 6.28. The Kier molecular flexibility index (Phi) is 4.39. The van der Waals surface area contributed by atoms with Crippen molar-refractivity contribution in [3.63, 3.8) is 0 Å². The van der Waals surface area contributed by atoms with Crippen molar-refractivity contribution in [3.8, 4) is 0 Å². The number of hydrogen-bond acceptors (Lipinski definition) is 3. The van der Waals surface area contributed by atoms with E-state index < -0.39 is 0 Å². The molecule has 0 aliphatic heterocycles. The van der Waals surface area contributed by atoms with Crippen LogP contribution in [0.25, 0.3) is 0 Å². The van der Waals surface area contributed by atoms with E-state index in [4.69, 9.17) is 11.6 Å². The summed E-state index contributed by atoms with van der Waals surface area (Å²) in [5.74, 6) is -0.250. The van der Waals surface area contributed by atoms with E-state index in [1.54, 1.807) is 37.5 Å². The van der Waals surface area contributed by atoms with Crippen LogP contribution < -0.4 is 10.6 Å². The average Bonchev–Trinajstić information content (AvgIpc) is 2.43. The molecule has 0 atom stereocenters. The van der Waals surface area contributed by atoms with Gasteiger partial charge in [0.15, 0.2) is 0 Å². The van der Waals surface area contributed by atoms with Crippen LogP contribution in [0, 0.1) is 0 Å². The maximum Gasteiger partial charge on any atom is 0.259 e. The topological polar surface area (TPSA) is 54.0 Å². The van der Waals surface area contributed by atoms with Gasteiger partial charge in [0.1, 0.15) is 0 Å². The number of carbonyl (C=O) groups is 1. The Hall–Kier alpha value is -1.59. The van der Waals surface area contributed by atoms with Gasteiger partial charge < -0.3 is 10.6 Å². The molecular formula is C13H11BrClN3O. The SMILES string of the molecule is CNc1ccncc1C(=O)Nc1cccc(Cl)c1Br. The minimum Gasteiger partial charge on any atom is -0.387 e. The number of anilines is 2. The molecule has 0 aliphatic rings. The number of amides is 1. The largest absolute Gasteiger partial charge is 0.387 e. The molecule has 2 aromatic rings. The first kappa shape index (κ1) is 13.8. The van der Waals surface area contributed by atoms with Gasteiger partial charge in [-0.25, -0.2) is 0 Å². The van der Waals surface area contributed by atoms with Crippen LogP contribution >= 0.6 is 27.5 Å². The lowest BCUT2D eigenvalue weighted by Crippen LogP contribution is -2.14. The fraction of sp³-hybridized carbons (Fsp3) is 0.0769. The molecule has 2 rings (SSSR count). The number of pyridine rings is 1. The van der Waals surface area contributed by atoms with E-state index in [0.29, 0.717) is 26.4 Å². The van der Waals surface area contributed by atoms with Crippen molar-refractivity contribution < 1.29 is 4.79 Å². The zero-order valence-corrected chi connectivity index (χ0v) is 12.4. The van der Waals surface area contributed by atoms with Crippen LogP contribution in [0.4, 0.5) is 11.4 Å². The molecule has 1 heterocycles. The van der Waals surface area contributed by atoms with Gasteiger partial charge in [0.25, 0.3) is 5.91 Å². The van der Waals surface area contributed by atoms with Crippen molar-refractivity contribution in [1.82, 2.24) is 4.98 Å². The molecule has 2 N–H and O–H groups in total. The quantitative estimate of drug-likeness (QED) is 0.894. The zero-order chi connectivity index (χ0) is 13.8. The standard InChI is InChI=1S/C13H11BrClN3O/c1-16-10-5-6-17-7-8(10)13(19)18-11-4-2-3-9(15)12(11)14/h2-7H,1H3,(H,16,17)(H,18,19). The van der Waals surface area contributed by atoms with Crippen LogP contribution in [0.3, 0.4) is 0 Å². The Labute approximate surface area is 124 Å². The highest BCUT2D eigenvalue weighted by molar-refractivity contribution is 9.10. The van der Waals surface area contributed by atoms with Gasteiger partial charge in [-0.1, -0.05) is 17.7 Å². The molecule has 0 bridgehead atoms. The highest BCUT2D eigenvalue weighted by Crippen LogP contribution is 2.30. The molecule has 0 saturated carbocycles. The Morgan fingerprint density at radius 3 is 2.84 bits per heavy atom. The summed E-state index contributed by atoms with van der Waals surface area (Å²) in [4.78, 5) is 16.2. The number of benzene rings is 1. The third kappa shape index (κ3) is 3.05. The molecule has 0 radical (unpaired) electrons. The van der Waals surface area contributed by atoms with Crippen LogP contribution in [0.5, 0.6) is 0 Å². The van der Waals surface area contributed by atoms with E-state index in [2.05, 4.69) is 31.5 Å². The van der Waals surface area contributed by atoms with Crippen LogP contribution in [0.1, 0.15) is 10.4 Å². The van der Waals surface area contributed by atoms with Crippen molar-refractivity contribution in [2.45, 2.75) is 0 Å². The lowest BCUT2D eigenvalue weighted by molar-refractivity contribution is 0.102. The normalized spacial score (nSPS) is 10.1. The Bertz CT molecular complexity index is 619. The van der Waals surface area contributed by atoms with Crippen LogP contribution in [-0.4, -0.2) is 17.9 Å². The fourth-order valence-electron chi connectivity index (χ4n) is 1.58. The zero-order valence-electron chi connectivity index (χ0n) is 10.1. The Balaban J connectivity index is 2.28. The summed E-state index contributed by atoms with van der Waals surface area (Å²) < 4.78 is 0.653. The van der Waals surface area contributed by atoms with Crippen LogP contribution in [-0.2, 0) is 0 Å². The van der Waals surface area contributed by atoms with Gasteiger partial charge in [0, 0.05) is 25.1 Å². The fourth-order valence-corrected chi connectivity index (χ4v) is 2.12. The summed E-state index contributed by atoms with van der Waals surface area (Å²) in [5.41, 5.74) is 1.80. The maximum atomic E-state index is 12.2. The van der Waals surface area contributed by atoms with Crippen molar-refractivity contribution >= 4 is 44.8 Å². The molecule has 1 aromatic carbocycles. The van der Waals surface area contributed by atoms with Crippen LogP contribution in [0.2, 0.25) is 5.02 Å². The van der Waals surface area contributed by atoms with Gasteiger partial charge in [-0.2, -0.15) is 0 Å². The van der Waals surface area contributed by atoms with Crippen molar-refractivity contribution in [2.24, 2.45) is 0 Å². The molecule has 98 valence electrons. The highest BCUT2D eigenvalue weighted by Gasteiger charge is 2.13. The molecule has 0 saturated heterocycles. The average molecular weight is 341 g/mol. The highest BCUT2D eigenvalue weighted by atomic mass is 79.9. The molecular weight excluding hydrogens is 330 g/mol. The second-order valence-corrected chi connectivity index (χ2v) is 4.93. The predicted molar refractivity (Wildman–Crippen MR) is 80.9 cm³/mol. The van der Waals surface area contributed by atoms with E-state index in [1.807, 2.05) is 0 Å². The summed E-state index contributed by atoms with van der Waals surface area (Å²) in [6.45, 7) is 0. The summed E-state index contributed by atoms with van der Waals surface area (Å²) in [6, 6.07) is 7.01. The predicted octanol–water partition coefficient (Wildman–Crippen LogP) is 3.79. The number of carbonyl (C=O) groups excluding carboxylic acids is 1. The van der Waals surface area contributed by atoms with E-state index in [1.165, 1.54) is 6.20 Å². The Morgan fingerprint density at radius 2 is 2.11 bits per heavy atom. The number of aromatic nitrogens is 1. The first-order valence-corrected chi connectivity index (χ1v) is 6.67. The first-order valence-electron chi connectivity index (χ1n) is 5.50. The van der Waals surface area contributed by atoms with E-state index in [-0.39, 0.29) is 5.91 Å². The minimum absolute atomic E-state index is 0.250. The number of nitrogens with one attached hydrogen (secondary N) is 2. The number of hydrogen-bond donors (Lipinski definition) is 2. The minimum atomic E-state index is -0.250. The molecule has 0 unspecified atom stereocenters. The monoisotopic (exact) mass is 339 g/mol. The number of rotatable bonds is 3. The first-order chi connectivity index (χ1) is 9.13. The van der Waals surface area contributed by atoms with Gasteiger partial charge in [-0.15, -0.1) is 0 Å². The summed E-state index contributed by atoms with van der Waals surface area (Å²) in [6.07, 6.45) is 3.14. The maximum absolute atomic E-state index is 12.2. The molecule has 4 nitrogen and oxygen atoms in total. The molecule has 0 fully saturated rings. The third-order valence-corrected chi connectivity index (χ3v) is 3.93.